The Kier molecular flexibility index (Phi) is 4.40. The molecule has 4 heteroatoms. The van der Waals surface area contributed by atoms with Crippen LogP contribution in [0.4, 0.5) is 0 Å². The standard InChI is InChI=1S/C14H25N3O/c1-4-17-12(7-11(3)16-17)8-14(15)13-5-6-18-9-10(13)2/h7,10,13-14H,4-6,8-9,15H2,1-3H3. The van der Waals surface area contributed by atoms with Crippen LogP contribution in [0.15, 0.2) is 6.07 Å². The maximum absolute atomic E-state index is 6.41. The minimum Gasteiger partial charge on any atom is -0.381 e. The number of aryl methyl sites for hydroxylation is 2. The molecule has 1 saturated heterocycles. The van der Waals surface area contributed by atoms with E-state index >= 15 is 0 Å². The number of nitrogens with two attached hydrogens (primary N) is 1. The van der Waals surface area contributed by atoms with Gasteiger partial charge in [0.2, 0.25) is 0 Å². The minimum atomic E-state index is 0.213. The second-order valence-electron chi connectivity index (χ2n) is 5.47. The molecule has 0 aromatic carbocycles. The third-order valence-electron chi connectivity index (χ3n) is 3.99. The topological polar surface area (TPSA) is 53.1 Å². The Labute approximate surface area is 110 Å². The van der Waals surface area contributed by atoms with E-state index in [0.717, 1.165) is 38.3 Å². The molecular formula is C14H25N3O. The third-order valence-corrected chi connectivity index (χ3v) is 3.99. The minimum absolute atomic E-state index is 0.213. The van der Waals surface area contributed by atoms with Crippen LogP contribution in [0, 0.1) is 18.8 Å². The predicted octanol–water partition coefficient (Wildman–Crippen LogP) is 1.75. The highest BCUT2D eigenvalue weighted by molar-refractivity contribution is 5.11. The normalized spacial score (nSPS) is 26.2. The van der Waals surface area contributed by atoms with Gasteiger partial charge in [-0.05, 0) is 38.2 Å². The third kappa shape index (κ3) is 2.93. The monoisotopic (exact) mass is 251 g/mol. The van der Waals surface area contributed by atoms with Crippen LogP contribution in [0.25, 0.3) is 0 Å². The molecule has 0 aliphatic carbocycles. The molecule has 0 amide bonds. The van der Waals surface area contributed by atoms with Gasteiger partial charge in [0, 0.05) is 37.9 Å². The average Bonchev–Trinajstić information content (AvgIpc) is 2.70. The van der Waals surface area contributed by atoms with Gasteiger partial charge >= 0.3 is 0 Å². The number of hydrogen-bond acceptors (Lipinski definition) is 3. The zero-order chi connectivity index (χ0) is 13.1. The Morgan fingerprint density at radius 2 is 2.39 bits per heavy atom. The smallest absolute Gasteiger partial charge is 0.0596 e. The summed E-state index contributed by atoms with van der Waals surface area (Å²) in [5, 5.41) is 4.48. The second kappa shape index (κ2) is 5.85. The van der Waals surface area contributed by atoms with Gasteiger partial charge in [-0.2, -0.15) is 5.10 Å². The van der Waals surface area contributed by atoms with Crippen LogP contribution >= 0.6 is 0 Å². The zero-order valence-corrected chi connectivity index (χ0v) is 11.7. The van der Waals surface area contributed by atoms with E-state index in [1.165, 1.54) is 5.69 Å². The van der Waals surface area contributed by atoms with Gasteiger partial charge in [-0.25, -0.2) is 0 Å². The average molecular weight is 251 g/mol. The largest absolute Gasteiger partial charge is 0.381 e. The highest BCUT2D eigenvalue weighted by Crippen LogP contribution is 2.25. The molecule has 3 unspecified atom stereocenters. The molecule has 0 spiro atoms. The molecule has 2 N–H and O–H groups in total. The van der Waals surface area contributed by atoms with Crippen molar-refractivity contribution in [1.29, 1.82) is 0 Å². The Bertz CT molecular complexity index is 388. The fourth-order valence-corrected chi connectivity index (χ4v) is 2.96. The van der Waals surface area contributed by atoms with Crippen LogP contribution in [-0.4, -0.2) is 29.0 Å². The van der Waals surface area contributed by atoms with E-state index in [-0.39, 0.29) is 6.04 Å². The lowest BCUT2D eigenvalue weighted by molar-refractivity contribution is 0.0155. The van der Waals surface area contributed by atoms with Crippen molar-refractivity contribution >= 4 is 0 Å². The molecule has 0 saturated carbocycles. The molecule has 3 atom stereocenters. The van der Waals surface area contributed by atoms with Crippen molar-refractivity contribution in [3.8, 4) is 0 Å². The first-order valence-corrected chi connectivity index (χ1v) is 6.98. The summed E-state index contributed by atoms with van der Waals surface area (Å²) < 4.78 is 7.56. The number of rotatable bonds is 4. The van der Waals surface area contributed by atoms with E-state index in [1.54, 1.807) is 0 Å². The van der Waals surface area contributed by atoms with Crippen molar-refractivity contribution < 1.29 is 4.74 Å². The first kappa shape index (κ1) is 13.6. The molecule has 102 valence electrons. The van der Waals surface area contributed by atoms with E-state index in [4.69, 9.17) is 10.5 Å². The van der Waals surface area contributed by atoms with Crippen molar-refractivity contribution in [2.75, 3.05) is 13.2 Å². The molecule has 1 aliphatic heterocycles. The van der Waals surface area contributed by atoms with Crippen molar-refractivity contribution in [2.24, 2.45) is 17.6 Å². The van der Waals surface area contributed by atoms with E-state index in [2.05, 4.69) is 29.7 Å². The summed E-state index contributed by atoms with van der Waals surface area (Å²) in [6, 6.07) is 2.37. The molecule has 1 fully saturated rings. The van der Waals surface area contributed by atoms with Crippen molar-refractivity contribution in [2.45, 2.75) is 46.2 Å². The van der Waals surface area contributed by atoms with Crippen molar-refractivity contribution in [3.05, 3.63) is 17.5 Å². The van der Waals surface area contributed by atoms with Gasteiger partial charge in [-0.15, -0.1) is 0 Å². The lowest BCUT2D eigenvalue weighted by Gasteiger charge is -2.33. The molecule has 2 rings (SSSR count). The molecule has 1 aliphatic rings. The van der Waals surface area contributed by atoms with Crippen LogP contribution in [0.3, 0.4) is 0 Å². The van der Waals surface area contributed by atoms with Crippen LogP contribution in [0.5, 0.6) is 0 Å². The highest BCUT2D eigenvalue weighted by Gasteiger charge is 2.28. The SMILES string of the molecule is CCn1nc(C)cc1CC(N)C1CCOCC1C. The molecule has 0 radical (unpaired) electrons. The molecule has 1 aromatic rings. The van der Waals surface area contributed by atoms with Crippen molar-refractivity contribution in [3.63, 3.8) is 0 Å². The second-order valence-corrected chi connectivity index (χ2v) is 5.47. The van der Waals surface area contributed by atoms with Gasteiger partial charge in [0.15, 0.2) is 0 Å². The van der Waals surface area contributed by atoms with Crippen LogP contribution < -0.4 is 5.73 Å². The Balaban J connectivity index is 2.03. The fraction of sp³-hybridized carbons (Fsp3) is 0.786. The molecule has 2 heterocycles. The first-order chi connectivity index (χ1) is 8.61. The summed E-state index contributed by atoms with van der Waals surface area (Å²) in [7, 11) is 0. The van der Waals surface area contributed by atoms with Crippen molar-refractivity contribution in [1.82, 2.24) is 9.78 Å². The van der Waals surface area contributed by atoms with Crippen LogP contribution in [-0.2, 0) is 17.7 Å². The summed E-state index contributed by atoms with van der Waals surface area (Å²) in [5.74, 6) is 1.13. The summed E-state index contributed by atoms with van der Waals surface area (Å²) >= 11 is 0. The number of aromatic nitrogens is 2. The molecule has 4 nitrogen and oxygen atoms in total. The summed E-state index contributed by atoms with van der Waals surface area (Å²) in [5.41, 5.74) is 8.75. The molecule has 0 bridgehead atoms. The van der Waals surface area contributed by atoms with E-state index in [0.29, 0.717) is 11.8 Å². The van der Waals surface area contributed by atoms with Gasteiger partial charge < -0.3 is 10.5 Å². The van der Waals surface area contributed by atoms with Gasteiger partial charge in [0.25, 0.3) is 0 Å². The zero-order valence-electron chi connectivity index (χ0n) is 11.7. The lowest BCUT2D eigenvalue weighted by atomic mass is 9.82. The van der Waals surface area contributed by atoms with E-state index in [1.807, 2.05) is 6.92 Å². The molecular weight excluding hydrogens is 226 g/mol. The summed E-state index contributed by atoms with van der Waals surface area (Å²) in [4.78, 5) is 0. The van der Waals surface area contributed by atoms with Gasteiger partial charge in [-0.1, -0.05) is 6.92 Å². The molecule has 1 aromatic heterocycles. The number of hydrogen-bond donors (Lipinski definition) is 1. The number of nitrogens with zero attached hydrogens (tertiary/aromatic N) is 2. The van der Waals surface area contributed by atoms with Gasteiger partial charge in [0.05, 0.1) is 5.69 Å². The highest BCUT2D eigenvalue weighted by atomic mass is 16.5. The maximum atomic E-state index is 6.41. The van der Waals surface area contributed by atoms with Crippen LogP contribution in [0.1, 0.15) is 31.7 Å². The number of ether oxygens (including phenoxy) is 1. The predicted molar refractivity (Wildman–Crippen MR) is 72.4 cm³/mol. The summed E-state index contributed by atoms with van der Waals surface area (Å²) in [6.45, 7) is 9.03. The Morgan fingerprint density at radius 1 is 1.61 bits per heavy atom. The van der Waals surface area contributed by atoms with E-state index in [9.17, 15) is 0 Å². The summed E-state index contributed by atoms with van der Waals surface area (Å²) in [6.07, 6.45) is 2.01. The van der Waals surface area contributed by atoms with E-state index < -0.39 is 0 Å². The van der Waals surface area contributed by atoms with Crippen LogP contribution in [0.2, 0.25) is 0 Å². The quantitative estimate of drug-likeness (QED) is 0.887. The van der Waals surface area contributed by atoms with Gasteiger partial charge in [-0.3, -0.25) is 4.68 Å². The maximum Gasteiger partial charge on any atom is 0.0596 e. The lowest BCUT2D eigenvalue weighted by Crippen LogP contribution is -2.41. The fourth-order valence-electron chi connectivity index (χ4n) is 2.96. The van der Waals surface area contributed by atoms with Gasteiger partial charge in [0.1, 0.15) is 0 Å². The Hall–Kier alpha value is -0.870. The first-order valence-electron chi connectivity index (χ1n) is 6.98. The molecule has 18 heavy (non-hydrogen) atoms. The Morgan fingerprint density at radius 3 is 3.06 bits per heavy atom.